The fraction of sp³-hybridized carbons (Fsp3) is 0.538. The number of aliphatic hydroxyl groups is 1. The predicted octanol–water partition coefficient (Wildman–Crippen LogP) is 1.75. The molecule has 0 saturated heterocycles. The van der Waals surface area contributed by atoms with Gasteiger partial charge in [-0.05, 0) is 37.2 Å². The third-order valence-electron chi connectivity index (χ3n) is 2.61. The Kier molecular flexibility index (Phi) is 5.94. The van der Waals surface area contributed by atoms with Gasteiger partial charge in [0.15, 0.2) is 0 Å². The number of nitrogens with zero attached hydrogens (tertiary/aromatic N) is 1. The molecule has 0 bridgehead atoms. The number of benzene rings is 1. The largest absolute Gasteiger partial charge is 0.395 e. The fourth-order valence-corrected chi connectivity index (χ4v) is 1.94. The Bertz CT molecular complexity index is 338. The minimum Gasteiger partial charge on any atom is -0.395 e. The summed E-state index contributed by atoms with van der Waals surface area (Å²) in [6, 6.07) is 4.80. The van der Waals surface area contributed by atoms with Crippen molar-refractivity contribution in [3.05, 3.63) is 29.6 Å². The second kappa shape index (κ2) is 7.25. The quantitative estimate of drug-likeness (QED) is 0.762. The standard InChI is InChI=1S/C13H21FN2O/c1-3-6-16(7-8-17)13-5-4-12(14)9-11(13)10-15-2/h4-5,9,15,17H,3,6-8,10H2,1-2H3. The van der Waals surface area contributed by atoms with Crippen LogP contribution < -0.4 is 10.2 Å². The Morgan fingerprint density at radius 1 is 1.35 bits per heavy atom. The molecule has 0 saturated carbocycles. The van der Waals surface area contributed by atoms with Gasteiger partial charge in [-0.1, -0.05) is 6.92 Å². The lowest BCUT2D eigenvalue weighted by atomic mass is 10.1. The van der Waals surface area contributed by atoms with E-state index in [0.29, 0.717) is 13.1 Å². The van der Waals surface area contributed by atoms with E-state index in [2.05, 4.69) is 17.1 Å². The summed E-state index contributed by atoms with van der Waals surface area (Å²) in [5.41, 5.74) is 1.92. The average Bonchev–Trinajstić information content (AvgIpc) is 2.30. The van der Waals surface area contributed by atoms with E-state index in [4.69, 9.17) is 5.11 Å². The number of aliphatic hydroxyl groups excluding tert-OH is 1. The summed E-state index contributed by atoms with van der Waals surface area (Å²) in [5, 5.41) is 12.1. The molecule has 0 aliphatic carbocycles. The van der Waals surface area contributed by atoms with Crippen LogP contribution in [0, 0.1) is 5.82 Å². The minimum atomic E-state index is -0.223. The van der Waals surface area contributed by atoms with Gasteiger partial charge in [0.25, 0.3) is 0 Å². The monoisotopic (exact) mass is 240 g/mol. The second-order valence-electron chi connectivity index (χ2n) is 4.01. The van der Waals surface area contributed by atoms with Crippen LogP contribution in [0.2, 0.25) is 0 Å². The van der Waals surface area contributed by atoms with E-state index in [0.717, 1.165) is 24.2 Å². The predicted molar refractivity (Wildman–Crippen MR) is 68.8 cm³/mol. The maximum absolute atomic E-state index is 13.2. The molecule has 0 heterocycles. The van der Waals surface area contributed by atoms with E-state index >= 15 is 0 Å². The van der Waals surface area contributed by atoms with Crippen LogP contribution >= 0.6 is 0 Å². The average molecular weight is 240 g/mol. The summed E-state index contributed by atoms with van der Waals surface area (Å²) in [6.45, 7) is 4.26. The molecule has 1 rings (SSSR count). The Morgan fingerprint density at radius 2 is 2.12 bits per heavy atom. The lowest BCUT2D eigenvalue weighted by Gasteiger charge is -2.26. The Morgan fingerprint density at radius 3 is 2.71 bits per heavy atom. The van der Waals surface area contributed by atoms with Gasteiger partial charge in [-0.15, -0.1) is 0 Å². The summed E-state index contributed by atoms with van der Waals surface area (Å²) < 4.78 is 13.2. The van der Waals surface area contributed by atoms with Crippen LogP contribution in [-0.2, 0) is 6.54 Å². The molecule has 0 unspecified atom stereocenters. The molecule has 0 atom stereocenters. The van der Waals surface area contributed by atoms with E-state index in [1.54, 1.807) is 12.1 Å². The molecule has 17 heavy (non-hydrogen) atoms. The maximum Gasteiger partial charge on any atom is 0.123 e. The van der Waals surface area contributed by atoms with E-state index in [1.807, 2.05) is 7.05 Å². The van der Waals surface area contributed by atoms with Gasteiger partial charge >= 0.3 is 0 Å². The first-order valence-corrected chi connectivity index (χ1v) is 6.01. The van der Waals surface area contributed by atoms with Gasteiger partial charge < -0.3 is 15.3 Å². The molecule has 2 N–H and O–H groups in total. The van der Waals surface area contributed by atoms with Crippen molar-refractivity contribution in [2.24, 2.45) is 0 Å². The fourth-order valence-electron chi connectivity index (χ4n) is 1.94. The number of hydrogen-bond acceptors (Lipinski definition) is 3. The molecule has 0 aliphatic rings. The Balaban J connectivity index is 2.98. The summed E-state index contributed by atoms with van der Waals surface area (Å²) in [4.78, 5) is 2.09. The first kappa shape index (κ1) is 13.9. The van der Waals surface area contributed by atoms with Crippen LogP contribution in [0.4, 0.5) is 10.1 Å². The maximum atomic E-state index is 13.2. The molecular weight excluding hydrogens is 219 g/mol. The van der Waals surface area contributed by atoms with Crippen LogP contribution in [0.5, 0.6) is 0 Å². The normalized spacial score (nSPS) is 10.6. The van der Waals surface area contributed by atoms with Crippen molar-refractivity contribution < 1.29 is 9.50 Å². The molecule has 1 aromatic carbocycles. The molecule has 96 valence electrons. The summed E-state index contributed by atoms with van der Waals surface area (Å²) in [5.74, 6) is -0.223. The number of nitrogens with one attached hydrogen (secondary N) is 1. The lowest BCUT2D eigenvalue weighted by molar-refractivity contribution is 0.301. The highest BCUT2D eigenvalue weighted by atomic mass is 19.1. The number of rotatable bonds is 7. The third-order valence-corrected chi connectivity index (χ3v) is 2.61. The van der Waals surface area contributed by atoms with Crippen LogP contribution in [0.1, 0.15) is 18.9 Å². The van der Waals surface area contributed by atoms with Crippen molar-refractivity contribution in [1.29, 1.82) is 0 Å². The zero-order chi connectivity index (χ0) is 12.7. The first-order valence-electron chi connectivity index (χ1n) is 6.01. The zero-order valence-electron chi connectivity index (χ0n) is 10.5. The first-order chi connectivity index (χ1) is 8.22. The van der Waals surface area contributed by atoms with Crippen molar-refractivity contribution >= 4 is 5.69 Å². The van der Waals surface area contributed by atoms with E-state index < -0.39 is 0 Å². The Labute approximate surface area is 102 Å². The highest BCUT2D eigenvalue weighted by Gasteiger charge is 2.10. The van der Waals surface area contributed by atoms with Crippen molar-refractivity contribution in [3.8, 4) is 0 Å². The molecule has 1 aromatic rings. The molecule has 0 spiro atoms. The summed E-state index contributed by atoms with van der Waals surface area (Å²) in [6.07, 6.45) is 0.996. The highest BCUT2D eigenvalue weighted by Crippen LogP contribution is 2.21. The smallest absolute Gasteiger partial charge is 0.123 e. The number of hydrogen-bond donors (Lipinski definition) is 2. The lowest BCUT2D eigenvalue weighted by Crippen LogP contribution is -2.29. The van der Waals surface area contributed by atoms with Crippen LogP contribution in [-0.4, -0.2) is 31.9 Å². The van der Waals surface area contributed by atoms with Crippen molar-refractivity contribution in [1.82, 2.24) is 5.32 Å². The number of anilines is 1. The molecule has 0 aromatic heterocycles. The molecule has 3 nitrogen and oxygen atoms in total. The van der Waals surface area contributed by atoms with Gasteiger partial charge in [-0.2, -0.15) is 0 Å². The van der Waals surface area contributed by atoms with Crippen LogP contribution in [0.15, 0.2) is 18.2 Å². The zero-order valence-corrected chi connectivity index (χ0v) is 10.5. The van der Waals surface area contributed by atoms with E-state index in [1.165, 1.54) is 6.07 Å². The minimum absolute atomic E-state index is 0.108. The highest BCUT2D eigenvalue weighted by molar-refractivity contribution is 5.53. The van der Waals surface area contributed by atoms with Crippen LogP contribution in [0.25, 0.3) is 0 Å². The summed E-state index contributed by atoms with van der Waals surface area (Å²) in [7, 11) is 1.84. The molecule has 0 radical (unpaired) electrons. The molecule has 0 aliphatic heterocycles. The van der Waals surface area contributed by atoms with Gasteiger partial charge in [0, 0.05) is 25.3 Å². The van der Waals surface area contributed by atoms with Crippen molar-refractivity contribution in [2.75, 3.05) is 31.6 Å². The van der Waals surface area contributed by atoms with Gasteiger partial charge in [-0.3, -0.25) is 0 Å². The SMILES string of the molecule is CCCN(CCO)c1ccc(F)cc1CNC. The topological polar surface area (TPSA) is 35.5 Å². The van der Waals surface area contributed by atoms with Gasteiger partial charge in [-0.25, -0.2) is 4.39 Å². The van der Waals surface area contributed by atoms with Gasteiger partial charge in [0.1, 0.15) is 5.82 Å². The van der Waals surface area contributed by atoms with E-state index in [9.17, 15) is 4.39 Å². The van der Waals surface area contributed by atoms with Crippen molar-refractivity contribution in [3.63, 3.8) is 0 Å². The third kappa shape index (κ3) is 3.98. The van der Waals surface area contributed by atoms with Gasteiger partial charge in [0.2, 0.25) is 0 Å². The van der Waals surface area contributed by atoms with Crippen LogP contribution in [0.3, 0.4) is 0 Å². The number of halogens is 1. The Hall–Kier alpha value is -1.13. The van der Waals surface area contributed by atoms with Crippen molar-refractivity contribution in [2.45, 2.75) is 19.9 Å². The second-order valence-corrected chi connectivity index (χ2v) is 4.01. The molecule has 4 heteroatoms. The molecular formula is C13H21FN2O. The molecule has 0 amide bonds. The molecule has 0 fully saturated rings. The van der Waals surface area contributed by atoms with E-state index in [-0.39, 0.29) is 12.4 Å². The van der Waals surface area contributed by atoms with Gasteiger partial charge in [0.05, 0.1) is 6.61 Å². The summed E-state index contributed by atoms with van der Waals surface area (Å²) >= 11 is 0.